The van der Waals surface area contributed by atoms with Crippen LogP contribution in [0.5, 0.6) is 0 Å². The molecule has 1 fully saturated rings. The van der Waals surface area contributed by atoms with Crippen molar-refractivity contribution in [3.05, 3.63) is 84.3 Å². The first-order valence-electron chi connectivity index (χ1n) is 10.2. The standard InChI is InChI=1S/C24H21F2N3O2/c25-19-6-3-16(4-7-19)17-5-8-22(21(26)12-17)29-24(23-2-1-11-31-23)18(13-27-29)14-28-10-9-20(30)15-28/h1-8,11-13,20,30H,9-10,14-15H2. The summed E-state index contributed by atoms with van der Waals surface area (Å²) in [6.45, 7) is 1.98. The number of β-amino-alcohol motifs (C(OH)–C–C–N with tert-alkyl or cyclic N) is 1. The molecule has 0 amide bonds. The number of hydrogen-bond acceptors (Lipinski definition) is 4. The van der Waals surface area contributed by atoms with Gasteiger partial charge in [-0.25, -0.2) is 13.5 Å². The molecule has 31 heavy (non-hydrogen) atoms. The maximum Gasteiger partial charge on any atom is 0.152 e. The molecular formula is C24H21F2N3O2. The number of hydrogen-bond donors (Lipinski definition) is 1. The van der Waals surface area contributed by atoms with Crippen LogP contribution in [0.4, 0.5) is 8.78 Å². The summed E-state index contributed by atoms with van der Waals surface area (Å²) in [6, 6.07) is 14.4. The number of furan rings is 1. The smallest absolute Gasteiger partial charge is 0.152 e. The number of aliphatic hydroxyl groups is 1. The van der Waals surface area contributed by atoms with Gasteiger partial charge in [0.25, 0.3) is 0 Å². The van der Waals surface area contributed by atoms with E-state index in [1.54, 1.807) is 47.5 Å². The number of rotatable bonds is 5. The zero-order valence-electron chi connectivity index (χ0n) is 16.7. The Morgan fingerprint density at radius 1 is 1.06 bits per heavy atom. The first-order valence-corrected chi connectivity index (χ1v) is 10.2. The zero-order valence-corrected chi connectivity index (χ0v) is 16.7. The number of nitrogens with zero attached hydrogens (tertiary/aromatic N) is 3. The molecule has 0 saturated carbocycles. The average molecular weight is 421 g/mol. The van der Waals surface area contributed by atoms with Crippen LogP contribution in [0.3, 0.4) is 0 Å². The van der Waals surface area contributed by atoms with Gasteiger partial charge in [-0.2, -0.15) is 5.10 Å². The predicted octanol–water partition coefficient (Wildman–Crippen LogP) is 4.64. The van der Waals surface area contributed by atoms with Gasteiger partial charge < -0.3 is 9.52 Å². The number of halogens is 2. The molecule has 3 heterocycles. The molecule has 1 unspecified atom stereocenters. The average Bonchev–Trinajstić information content (AvgIpc) is 3.50. The molecule has 4 aromatic rings. The van der Waals surface area contributed by atoms with Gasteiger partial charge in [-0.05, 0) is 53.9 Å². The molecule has 5 nitrogen and oxygen atoms in total. The predicted molar refractivity (Wildman–Crippen MR) is 113 cm³/mol. The van der Waals surface area contributed by atoms with Crippen molar-refractivity contribution < 1.29 is 18.3 Å². The quantitative estimate of drug-likeness (QED) is 0.510. The van der Waals surface area contributed by atoms with Crippen LogP contribution in [-0.2, 0) is 6.54 Å². The van der Waals surface area contributed by atoms with Crippen molar-refractivity contribution in [3.8, 4) is 28.3 Å². The molecule has 1 atom stereocenters. The molecule has 2 aromatic carbocycles. The summed E-state index contributed by atoms with van der Waals surface area (Å²) in [7, 11) is 0. The SMILES string of the molecule is OC1CCN(Cc2cnn(-c3ccc(-c4ccc(F)cc4)cc3F)c2-c2ccco2)C1. The Balaban J connectivity index is 1.53. The summed E-state index contributed by atoms with van der Waals surface area (Å²) in [5.41, 5.74) is 3.25. The maximum absolute atomic E-state index is 15.2. The van der Waals surface area contributed by atoms with Crippen molar-refractivity contribution in [2.24, 2.45) is 0 Å². The van der Waals surface area contributed by atoms with Gasteiger partial charge in [-0.3, -0.25) is 4.90 Å². The van der Waals surface area contributed by atoms with Gasteiger partial charge in [0.2, 0.25) is 0 Å². The summed E-state index contributed by atoms with van der Waals surface area (Å²) in [4.78, 5) is 2.15. The monoisotopic (exact) mass is 421 g/mol. The van der Waals surface area contributed by atoms with Crippen LogP contribution in [0, 0.1) is 11.6 Å². The summed E-state index contributed by atoms with van der Waals surface area (Å²) in [6.07, 6.45) is 3.71. The fraction of sp³-hybridized carbons (Fsp3) is 0.208. The van der Waals surface area contributed by atoms with Gasteiger partial charge in [0, 0.05) is 25.2 Å². The first kappa shape index (κ1) is 19.7. The molecule has 7 heteroatoms. The van der Waals surface area contributed by atoms with Crippen molar-refractivity contribution >= 4 is 0 Å². The minimum atomic E-state index is -0.444. The van der Waals surface area contributed by atoms with E-state index in [0.29, 0.717) is 35.8 Å². The van der Waals surface area contributed by atoms with Gasteiger partial charge >= 0.3 is 0 Å². The lowest BCUT2D eigenvalue weighted by atomic mass is 10.0. The van der Waals surface area contributed by atoms with Crippen LogP contribution in [0.2, 0.25) is 0 Å². The molecule has 0 spiro atoms. The van der Waals surface area contributed by atoms with Gasteiger partial charge in [-0.1, -0.05) is 18.2 Å². The van der Waals surface area contributed by atoms with E-state index < -0.39 is 5.82 Å². The Labute approximate surface area is 178 Å². The normalized spacial score (nSPS) is 16.8. The fourth-order valence-corrected chi connectivity index (χ4v) is 4.05. The van der Waals surface area contributed by atoms with Gasteiger partial charge in [0.1, 0.15) is 23.0 Å². The van der Waals surface area contributed by atoms with Gasteiger partial charge in [0.05, 0.1) is 18.6 Å². The Morgan fingerprint density at radius 3 is 2.55 bits per heavy atom. The molecule has 0 radical (unpaired) electrons. The van der Waals surface area contributed by atoms with E-state index in [4.69, 9.17) is 4.42 Å². The maximum atomic E-state index is 15.2. The number of aromatic nitrogens is 2. The summed E-state index contributed by atoms with van der Waals surface area (Å²) < 4.78 is 35.6. The Bertz CT molecular complexity index is 1190. The lowest BCUT2D eigenvalue weighted by Crippen LogP contribution is -2.21. The van der Waals surface area contributed by atoms with Crippen molar-refractivity contribution in [3.63, 3.8) is 0 Å². The van der Waals surface area contributed by atoms with Crippen LogP contribution < -0.4 is 0 Å². The molecule has 158 valence electrons. The highest BCUT2D eigenvalue weighted by molar-refractivity contribution is 5.66. The number of aliphatic hydroxyl groups excluding tert-OH is 1. The Kier molecular flexibility index (Phi) is 5.13. The van der Waals surface area contributed by atoms with Gasteiger partial charge in [0.15, 0.2) is 5.76 Å². The molecule has 2 aromatic heterocycles. The third-order valence-electron chi connectivity index (χ3n) is 5.59. The highest BCUT2D eigenvalue weighted by atomic mass is 19.1. The second-order valence-corrected chi connectivity index (χ2v) is 7.76. The van der Waals surface area contributed by atoms with Crippen LogP contribution in [0.15, 0.2) is 71.5 Å². The highest BCUT2D eigenvalue weighted by Gasteiger charge is 2.25. The van der Waals surface area contributed by atoms with E-state index in [0.717, 1.165) is 24.1 Å². The zero-order chi connectivity index (χ0) is 21.4. The summed E-state index contributed by atoms with van der Waals surface area (Å²) in [5, 5.41) is 14.3. The topological polar surface area (TPSA) is 54.4 Å². The lowest BCUT2D eigenvalue weighted by molar-refractivity contribution is 0.175. The van der Waals surface area contributed by atoms with Crippen LogP contribution in [0.25, 0.3) is 28.3 Å². The molecule has 0 bridgehead atoms. The molecule has 1 aliphatic heterocycles. The fourth-order valence-electron chi connectivity index (χ4n) is 4.05. The summed E-state index contributed by atoms with van der Waals surface area (Å²) in [5.74, 6) is -0.186. The number of benzene rings is 2. The molecule has 0 aliphatic carbocycles. The minimum Gasteiger partial charge on any atom is -0.463 e. The van der Waals surface area contributed by atoms with Crippen molar-refractivity contribution in [1.82, 2.24) is 14.7 Å². The van der Waals surface area contributed by atoms with Crippen LogP contribution in [-0.4, -0.2) is 39.0 Å². The van der Waals surface area contributed by atoms with Crippen molar-refractivity contribution in [2.75, 3.05) is 13.1 Å². The molecular weight excluding hydrogens is 400 g/mol. The van der Waals surface area contributed by atoms with E-state index in [9.17, 15) is 9.50 Å². The first-order chi connectivity index (χ1) is 15.1. The number of likely N-dealkylation sites (tertiary alicyclic amines) is 1. The van der Waals surface area contributed by atoms with E-state index in [-0.39, 0.29) is 11.9 Å². The minimum absolute atomic E-state index is 0.296. The third-order valence-corrected chi connectivity index (χ3v) is 5.59. The van der Waals surface area contributed by atoms with Crippen LogP contribution >= 0.6 is 0 Å². The van der Waals surface area contributed by atoms with Crippen LogP contribution in [0.1, 0.15) is 12.0 Å². The summed E-state index contributed by atoms with van der Waals surface area (Å²) >= 11 is 0. The molecule has 1 saturated heterocycles. The van der Waals surface area contributed by atoms with Crippen molar-refractivity contribution in [1.29, 1.82) is 0 Å². The molecule has 5 rings (SSSR count). The van der Waals surface area contributed by atoms with E-state index >= 15 is 4.39 Å². The lowest BCUT2D eigenvalue weighted by Gasteiger charge is -2.15. The molecule has 1 aliphatic rings. The second kappa shape index (κ2) is 8.09. The largest absolute Gasteiger partial charge is 0.463 e. The Morgan fingerprint density at radius 2 is 1.87 bits per heavy atom. The molecule has 1 N–H and O–H groups in total. The van der Waals surface area contributed by atoms with E-state index in [2.05, 4.69) is 10.00 Å². The Hall–Kier alpha value is -3.29. The van der Waals surface area contributed by atoms with Gasteiger partial charge in [-0.15, -0.1) is 0 Å². The second-order valence-electron chi connectivity index (χ2n) is 7.76. The van der Waals surface area contributed by atoms with Crippen molar-refractivity contribution in [2.45, 2.75) is 19.1 Å². The highest BCUT2D eigenvalue weighted by Crippen LogP contribution is 2.31. The third kappa shape index (κ3) is 3.89. The van der Waals surface area contributed by atoms with E-state index in [1.807, 2.05) is 6.07 Å². The van der Waals surface area contributed by atoms with E-state index in [1.165, 1.54) is 18.2 Å².